The third-order valence-corrected chi connectivity index (χ3v) is 17.4. The summed E-state index contributed by atoms with van der Waals surface area (Å²) in [5.74, 6) is 0. The van der Waals surface area contributed by atoms with E-state index in [0.717, 1.165) is 5.56 Å². The van der Waals surface area contributed by atoms with E-state index < -0.39 is 15.1 Å². The van der Waals surface area contributed by atoms with Crippen molar-refractivity contribution in [2.75, 3.05) is 0 Å². The molecule has 0 spiro atoms. The predicted octanol–water partition coefficient (Wildman–Crippen LogP) is 14.7. The van der Waals surface area contributed by atoms with Gasteiger partial charge in [-0.05, 0) is 97.2 Å². The van der Waals surface area contributed by atoms with Crippen LogP contribution in [-0.2, 0) is 32.5 Å². The number of carbonyl (C=O) groups excluding carboxylic acids is 1. The SMILES string of the molecule is CC(C)(C)c1cc(C(C)(C)C)c(C2=P(C(=O)c3ccccc3)=C(c3c(C(C)(C)C)cc(C(C)(C)C)cc3C(C)(C)C)P2C(C)(C)C)c(C(C)(C)C)c1. The zero-order valence-corrected chi connectivity index (χ0v) is 38.8. The van der Waals surface area contributed by atoms with Gasteiger partial charge in [-0.15, -0.1) is 0 Å². The topological polar surface area (TPSA) is 17.1 Å². The smallest absolute Gasteiger partial charge is 0.208 e. The van der Waals surface area contributed by atoms with Gasteiger partial charge in [0.05, 0.1) is 0 Å². The van der Waals surface area contributed by atoms with Gasteiger partial charge in [-0.3, -0.25) is 4.79 Å². The molecule has 3 aromatic rings. The highest BCUT2D eigenvalue weighted by Crippen LogP contribution is 2.69. The normalized spacial score (nSPS) is 17.4. The molecule has 0 unspecified atom stereocenters. The molecule has 3 heteroatoms. The van der Waals surface area contributed by atoms with Gasteiger partial charge >= 0.3 is 0 Å². The molecule has 1 nitrogen and oxygen atoms in total. The number of benzene rings is 3. The first-order valence-electron chi connectivity index (χ1n) is 19.5. The van der Waals surface area contributed by atoms with Gasteiger partial charge in [0.2, 0.25) is 5.52 Å². The highest BCUT2D eigenvalue weighted by Gasteiger charge is 2.48. The van der Waals surface area contributed by atoms with Crippen molar-refractivity contribution in [1.29, 1.82) is 0 Å². The van der Waals surface area contributed by atoms with Crippen LogP contribution >= 0.6 is 15.1 Å². The Morgan fingerprint density at radius 1 is 0.423 bits per heavy atom. The first kappa shape index (κ1) is 42.5. The molecular formula is C49H72OP2. The minimum atomic E-state index is -1.32. The molecule has 1 aliphatic heterocycles. The zero-order valence-electron chi connectivity index (χ0n) is 37.0. The van der Waals surface area contributed by atoms with Crippen molar-refractivity contribution in [1.82, 2.24) is 0 Å². The van der Waals surface area contributed by atoms with E-state index in [4.69, 9.17) is 0 Å². The van der Waals surface area contributed by atoms with E-state index in [1.807, 2.05) is 30.3 Å². The highest BCUT2D eigenvalue weighted by molar-refractivity contribution is 8.19. The molecule has 0 aromatic heterocycles. The van der Waals surface area contributed by atoms with Crippen LogP contribution in [0.4, 0.5) is 0 Å². The van der Waals surface area contributed by atoms with Gasteiger partial charge in [0.15, 0.2) is 0 Å². The van der Waals surface area contributed by atoms with E-state index in [2.05, 4.69) is 170 Å². The second kappa shape index (κ2) is 13.5. The summed E-state index contributed by atoms with van der Waals surface area (Å²) < 4.78 is 0. The van der Waals surface area contributed by atoms with Crippen LogP contribution < -0.4 is 0 Å². The molecule has 0 N–H and O–H groups in total. The molecule has 0 amide bonds. The van der Waals surface area contributed by atoms with Crippen molar-refractivity contribution in [2.24, 2.45) is 0 Å². The van der Waals surface area contributed by atoms with Gasteiger partial charge < -0.3 is 0 Å². The summed E-state index contributed by atoms with van der Waals surface area (Å²) in [5, 5.41) is 2.82. The van der Waals surface area contributed by atoms with Crippen molar-refractivity contribution in [2.45, 2.75) is 183 Å². The first-order chi connectivity index (χ1) is 23.2. The van der Waals surface area contributed by atoms with E-state index in [9.17, 15) is 0 Å². The Balaban J connectivity index is 2.49. The van der Waals surface area contributed by atoms with Crippen molar-refractivity contribution in [3.8, 4) is 0 Å². The predicted molar refractivity (Wildman–Crippen MR) is 238 cm³/mol. The summed E-state index contributed by atoms with van der Waals surface area (Å²) in [6.45, 7) is 49.8. The molecule has 4 rings (SSSR count). The molecule has 0 saturated heterocycles. The van der Waals surface area contributed by atoms with Gasteiger partial charge in [0.25, 0.3) is 0 Å². The maximum atomic E-state index is 15.6. The molecule has 1 aliphatic rings. The average Bonchev–Trinajstić information content (AvgIpc) is 2.92. The lowest BCUT2D eigenvalue weighted by atomic mass is 9.72. The number of hydrogen-bond donors (Lipinski definition) is 0. The number of carbonyl (C=O) groups is 1. The lowest BCUT2D eigenvalue weighted by molar-refractivity contribution is 0.108. The van der Waals surface area contributed by atoms with Gasteiger partial charge in [-0.2, -0.15) is 0 Å². The van der Waals surface area contributed by atoms with Gasteiger partial charge in [0.1, 0.15) is 0 Å². The molecule has 52 heavy (non-hydrogen) atoms. The average molecular weight is 739 g/mol. The summed E-state index contributed by atoms with van der Waals surface area (Å²) >= 11 is 0. The lowest BCUT2D eigenvalue weighted by Crippen LogP contribution is -2.36. The van der Waals surface area contributed by atoms with Crippen molar-refractivity contribution in [3.05, 3.63) is 105 Å². The number of rotatable bonds is 4. The molecule has 0 atom stereocenters. The maximum Gasteiger partial charge on any atom is 0.208 e. The second-order valence-corrected chi connectivity index (χ2v) is 28.1. The Bertz CT molecular complexity index is 1770. The maximum absolute atomic E-state index is 15.6. The van der Waals surface area contributed by atoms with E-state index in [1.165, 1.54) is 54.6 Å². The summed E-state index contributed by atoms with van der Waals surface area (Å²) in [7, 11) is -2.19. The second-order valence-electron chi connectivity index (χ2n) is 22.6. The standard InChI is InChI=1S/C49H72OP2/c1-43(2,3)32-27-34(45(7,8)9)38(35(28-32)46(10,11)12)41-51(40(50)31-25-23-22-24-26-31)42(52(41)49(19,20)21)39-36(47(13,14)15)29-33(44(4,5)6)30-37(39)48(16,17)18/h22-30H,1-21H3. The van der Waals surface area contributed by atoms with Crippen LogP contribution in [0.5, 0.6) is 0 Å². The number of hydrogen-bond acceptors (Lipinski definition) is 1. The van der Waals surface area contributed by atoms with Gasteiger partial charge in [-0.25, -0.2) is 0 Å². The molecule has 0 fully saturated rings. The zero-order chi connectivity index (χ0) is 39.9. The van der Waals surface area contributed by atoms with Crippen LogP contribution in [0.1, 0.15) is 200 Å². The Hall–Kier alpha value is -2.20. The van der Waals surface area contributed by atoms with E-state index in [1.54, 1.807) is 0 Å². The van der Waals surface area contributed by atoms with Gasteiger partial charge in [0, 0.05) is 15.6 Å². The van der Waals surface area contributed by atoms with Crippen LogP contribution in [0, 0.1) is 0 Å². The fraction of sp³-hybridized carbons (Fsp3) is 0.571. The van der Waals surface area contributed by atoms with Crippen molar-refractivity contribution >= 4 is 30.7 Å². The third-order valence-electron chi connectivity index (χ3n) is 10.4. The van der Waals surface area contributed by atoms with Crippen molar-refractivity contribution in [3.63, 3.8) is 0 Å². The van der Waals surface area contributed by atoms with Crippen LogP contribution in [-0.4, -0.2) is 20.7 Å². The lowest BCUT2D eigenvalue weighted by Gasteiger charge is -2.47. The summed E-state index contributed by atoms with van der Waals surface area (Å²) in [5.41, 5.74) is 11.7. The molecule has 3 aromatic carbocycles. The molecule has 1 heterocycles. The van der Waals surface area contributed by atoms with Gasteiger partial charge in [-0.1, -0.05) is 200 Å². The Kier molecular flexibility index (Phi) is 11.1. The molecule has 0 saturated carbocycles. The van der Waals surface area contributed by atoms with E-state index >= 15 is 4.79 Å². The molecule has 0 radical (unpaired) electrons. The third kappa shape index (κ3) is 8.38. The highest BCUT2D eigenvalue weighted by atomic mass is 31.2. The summed E-state index contributed by atoms with van der Waals surface area (Å²) in [6.07, 6.45) is 0. The van der Waals surface area contributed by atoms with Crippen LogP contribution in [0.15, 0.2) is 54.6 Å². The first-order valence-corrected chi connectivity index (χ1v) is 22.2. The Morgan fingerprint density at radius 3 is 0.942 bits per heavy atom. The molecular weight excluding hydrogens is 666 g/mol. The molecule has 0 bridgehead atoms. The fourth-order valence-corrected chi connectivity index (χ4v) is 16.1. The van der Waals surface area contributed by atoms with Crippen LogP contribution in [0.2, 0.25) is 0 Å². The summed E-state index contributed by atoms with van der Waals surface area (Å²) in [6, 6.07) is 20.2. The minimum Gasteiger partial charge on any atom is -0.284 e. The quantitative estimate of drug-likeness (QED) is 0.244. The Labute approximate surface area is 322 Å². The fourth-order valence-electron chi connectivity index (χ4n) is 7.34. The summed E-state index contributed by atoms with van der Waals surface area (Å²) in [4.78, 5) is 15.6. The van der Waals surface area contributed by atoms with E-state index in [0.29, 0.717) is 5.52 Å². The van der Waals surface area contributed by atoms with Crippen LogP contribution in [0.3, 0.4) is 0 Å². The van der Waals surface area contributed by atoms with Crippen LogP contribution in [0.25, 0.3) is 0 Å². The van der Waals surface area contributed by atoms with Crippen molar-refractivity contribution < 1.29 is 4.79 Å². The monoisotopic (exact) mass is 739 g/mol. The molecule has 284 valence electrons. The van der Waals surface area contributed by atoms with E-state index in [-0.39, 0.29) is 37.6 Å². The minimum absolute atomic E-state index is 0.00251. The molecule has 0 aliphatic carbocycles. The Morgan fingerprint density at radius 2 is 0.712 bits per heavy atom. The largest absolute Gasteiger partial charge is 0.284 e.